The van der Waals surface area contributed by atoms with Gasteiger partial charge in [0.1, 0.15) is 0 Å². The Kier molecular flexibility index (Phi) is 4.88. The van der Waals surface area contributed by atoms with Crippen molar-refractivity contribution in [2.24, 2.45) is 5.41 Å². The predicted octanol–water partition coefficient (Wildman–Crippen LogP) is 3.24. The minimum atomic E-state index is -0.332. The molecule has 0 saturated carbocycles. The standard InChI is InChI=1S/C14H22OS/c1-11-4-6-12(7-5-11)8-9-14(2,3)13(15)10-16/h4-7,13,15-16H,8-10H2,1-3H3. The first-order valence-corrected chi connectivity index (χ1v) is 6.43. The van der Waals surface area contributed by atoms with Crippen LogP contribution in [0, 0.1) is 12.3 Å². The zero-order chi connectivity index (χ0) is 12.2. The van der Waals surface area contributed by atoms with E-state index in [9.17, 15) is 5.11 Å². The van der Waals surface area contributed by atoms with Crippen LogP contribution in [0.25, 0.3) is 0 Å². The van der Waals surface area contributed by atoms with Crippen LogP contribution in [0.2, 0.25) is 0 Å². The van der Waals surface area contributed by atoms with Crippen LogP contribution < -0.4 is 0 Å². The van der Waals surface area contributed by atoms with Gasteiger partial charge in [-0.3, -0.25) is 0 Å². The lowest BCUT2D eigenvalue weighted by Crippen LogP contribution is -2.31. The fourth-order valence-electron chi connectivity index (χ4n) is 1.63. The van der Waals surface area contributed by atoms with Crippen molar-refractivity contribution in [3.8, 4) is 0 Å². The molecule has 0 aliphatic carbocycles. The molecule has 0 aliphatic rings. The summed E-state index contributed by atoms with van der Waals surface area (Å²) in [4.78, 5) is 0. The molecule has 0 fully saturated rings. The lowest BCUT2D eigenvalue weighted by Gasteiger charge is -2.29. The molecule has 0 heterocycles. The van der Waals surface area contributed by atoms with E-state index in [0.717, 1.165) is 12.8 Å². The predicted molar refractivity (Wildman–Crippen MR) is 73.1 cm³/mol. The van der Waals surface area contributed by atoms with Crippen molar-refractivity contribution < 1.29 is 5.11 Å². The Balaban J connectivity index is 2.54. The minimum absolute atomic E-state index is 0.0629. The molecular formula is C14H22OS. The number of benzene rings is 1. The zero-order valence-electron chi connectivity index (χ0n) is 10.4. The summed E-state index contributed by atoms with van der Waals surface area (Å²) in [6.45, 7) is 6.29. The third kappa shape index (κ3) is 3.84. The quantitative estimate of drug-likeness (QED) is 0.755. The second kappa shape index (κ2) is 5.74. The summed E-state index contributed by atoms with van der Waals surface area (Å²) in [6.07, 6.45) is 1.66. The molecule has 1 atom stereocenters. The van der Waals surface area contributed by atoms with E-state index >= 15 is 0 Å². The van der Waals surface area contributed by atoms with Gasteiger partial charge in [-0.25, -0.2) is 0 Å². The van der Waals surface area contributed by atoms with Crippen LogP contribution >= 0.6 is 12.6 Å². The van der Waals surface area contributed by atoms with E-state index in [2.05, 4.69) is 57.7 Å². The Morgan fingerprint density at radius 2 is 1.81 bits per heavy atom. The largest absolute Gasteiger partial charge is 0.392 e. The molecule has 0 radical (unpaired) electrons. The molecule has 1 aromatic carbocycles. The average molecular weight is 238 g/mol. The summed E-state index contributed by atoms with van der Waals surface area (Å²) in [5.74, 6) is 0.529. The summed E-state index contributed by atoms with van der Waals surface area (Å²) < 4.78 is 0. The molecule has 0 aliphatic heterocycles. The van der Waals surface area contributed by atoms with Gasteiger partial charge in [0.05, 0.1) is 6.10 Å². The van der Waals surface area contributed by atoms with Crippen molar-refractivity contribution in [1.29, 1.82) is 0 Å². The highest BCUT2D eigenvalue weighted by Gasteiger charge is 2.26. The van der Waals surface area contributed by atoms with Crippen molar-refractivity contribution in [3.63, 3.8) is 0 Å². The van der Waals surface area contributed by atoms with Gasteiger partial charge >= 0.3 is 0 Å². The molecule has 2 heteroatoms. The number of aliphatic hydroxyl groups is 1. The van der Waals surface area contributed by atoms with E-state index in [1.807, 2.05) is 0 Å². The van der Waals surface area contributed by atoms with E-state index in [1.54, 1.807) is 0 Å². The third-order valence-electron chi connectivity index (χ3n) is 3.25. The van der Waals surface area contributed by atoms with Crippen LogP contribution in [-0.2, 0) is 6.42 Å². The van der Waals surface area contributed by atoms with Crippen LogP contribution in [0.15, 0.2) is 24.3 Å². The first kappa shape index (κ1) is 13.6. The van der Waals surface area contributed by atoms with Gasteiger partial charge in [-0.2, -0.15) is 12.6 Å². The van der Waals surface area contributed by atoms with E-state index in [-0.39, 0.29) is 11.5 Å². The molecule has 16 heavy (non-hydrogen) atoms. The number of aliphatic hydroxyl groups excluding tert-OH is 1. The Morgan fingerprint density at radius 1 is 1.25 bits per heavy atom. The van der Waals surface area contributed by atoms with Crippen LogP contribution in [-0.4, -0.2) is 17.0 Å². The molecule has 90 valence electrons. The van der Waals surface area contributed by atoms with E-state index in [4.69, 9.17) is 0 Å². The van der Waals surface area contributed by atoms with Gasteiger partial charge < -0.3 is 5.11 Å². The maximum atomic E-state index is 9.83. The topological polar surface area (TPSA) is 20.2 Å². The summed E-state index contributed by atoms with van der Waals surface area (Å²) in [6, 6.07) is 8.60. The molecule has 1 N–H and O–H groups in total. The van der Waals surface area contributed by atoms with Crippen molar-refractivity contribution in [2.75, 3.05) is 5.75 Å². The molecule has 1 aromatic rings. The molecular weight excluding hydrogens is 216 g/mol. The summed E-state index contributed by atoms with van der Waals surface area (Å²) >= 11 is 4.15. The highest BCUT2D eigenvalue weighted by Crippen LogP contribution is 2.27. The van der Waals surface area contributed by atoms with E-state index in [0.29, 0.717) is 5.75 Å². The second-order valence-corrected chi connectivity index (χ2v) is 5.54. The fraction of sp³-hybridized carbons (Fsp3) is 0.571. The summed E-state index contributed by atoms with van der Waals surface area (Å²) in [5.41, 5.74) is 2.57. The first-order valence-electron chi connectivity index (χ1n) is 5.80. The maximum Gasteiger partial charge on any atom is 0.0679 e. The smallest absolute Gasteiger partial charge is 0.0679 e. The maximum absolute atomic E-state index is 9.83. The van der Waals surface area contributed by atoms with Crippen LogP contribution in [0.4, 0.5) is 0 Å². The van der Waals surface area contributed by atoms with Crippen molar-refractivity contribution >= 4 is 12.6 Å². The molecule has 0 spiro atoms. The minimum Gasteiger partial charge on any atom is -0.392 e. The number of aryl methyl sites for hydroxylation is 2. The van der Waals surface area contributed by atoms with E-state index in [1.165, 1.54) is 11.1 Å². The summed E-state index contributed by atoms with van der Waals surface area (Å²) in [7, 11) is 0. The zero-order valence-corrected chi connectivity index (χ0v) is 11.3. The molecule has 0 bridgehead atoms. The Hall–Kier alpha value is -0.470. The lowest BCUT2D eigenvalue weighted by atomic mass is 9.81. The fourth-order valence-corrected chi connectivity index (χ4v) is 2.13. The molecule has 0 aromatic heterocycles. The molecule has 1 rings (SSSR count). The Morgan fingerprint density at radius 3 is 2.31 bits per heavy atom. The van der Waals surface area contributed by atoms with Gasteiger partial charge in [-0.1, -0.05) is 43.7 Å². The number of hydrogen-bond acceptors (Lipinski definition) is 2. The van der Waals surface area contributed by atoms with Crippen molar-refractivity contribution in [1.82, 2.24) is 0 Å². The number of hydrogen-bond donors (Lipinski definition) is 2. The lowest BCUT2D eigenvalue weighted by molar-refractivity contribution is 0.0643. The van der Waals surface area contributed by atoms with Gasteiger partial charge in [-0.05, 0) is 30.7 Å². The van der Waals surface area contributed by atoms with Gasteiger partial charge in [0.15, 0.2) is 0 Å². The van der Waals surface area contributed by atoms with E-state index < -0.39 is 0 Å². The van der Waals surface area contributed by atoms with Gasteiger partial charge in [0.25, 0.3) is 0 Å². The SMILES string of the molecule is Cc1ccc(CCC(C)(C)C(O)CS)cc1. The Bertz CT molecular complexity index is 316. The normalized spacial score (nSPS) is 13.8. The molecule has 0 saturated heterocycles. The van der Waals surface area contributed by atoms with Gasteiger partial charge in [-0.15, -0.1) is 0 Å². The molecule has 1 nitrogen and oxygen atoms in total. The van der Waals surface area contributed by atoms with Crippen molar-refractivity contribution in [3.05, 3.63) is 35.4 Å². The van der Waals surface area contributed by atoms with Gasteiger partial charge in [0, 0.05) is 5.75 Å². The summed E-state index contributed by atoms with van der Waals surface area (Å²) in [5, 5.41) is 9.83. The van der Waals surface area contributed by atoms with Crippen LogP contribution in [0.5, 0.6) is 0 Å². The highest BCUT2D eigenvalue weighted by molar-refractivity contribution is 7.80. The monoisotopic (exact) mass is 238 g/mol. The first-order chi connectivity index (χ1) is 7.45. The van der Waals surface area contributed by atoms with Crippen LogP contribution in [0.1, 0.15) is 31.4 Å². The number of rotatable bonds is 5. The molecule has 0 amide bonds. The van der Waals surface area contributed by atoms with Crippen LogP contribution in [0.3, 0.4) is 0 Å². The Labute approximate surface area is 104 Å². The average Bonchev–Trinajstić information content (AvgIpc) is 2.27. The second-order valence-electron chi connectivity index (χ2n) is 5.17. The highest BCUT2D eigenvalue weighted by atomic mass is 32.1. The van der Waals surface area contributed by atoms with Gasteiger partial charge in [0.2, 0.25) is 0 Å². The molecule has 1 unspecified atom stereocenters. The number of thiol groups is 1. The van der Waals surface area contributed by atoms with Crippen molar-refractivity contribution in [2.45, 2.75) is 39.7 Å². The third-order valence-corrected chi connectivity index (χ3v) is 3.60.